The Balaban J connectivity index is 1.76. The maximum absolute atomic E-state index is 13.6. The maximum Gasteiger partial charge on any atom is 0.198 e. The summed E-state index contributed by atoms with van der Waals surface area (Å²) in [7, 11) is 0. The summed E-state index contributed by atoms with van der Waals surface area (Å²) in [5, 5.41) is 0.661. The summed E-state index contributed by atoms with van der Waals surface area (Å²) in [6.07, 6.45) is 7.77. The second-order valence-electron chi connectivity index (χ2n) is 5.75. The third-order valence-electron chi connectivity index (χ3n) is 4.22. The predicted molar refractivity (Wildman–Crippen MR) is 76.3 cm³/mol. The molecule has 0 spiro atoms. The third-order valence-corrected chi connectivity index (χ3v) is 4.22. The molecule has 1 aliphatic carbocycles. The van der Waals surface area contributed by atoms with E-state index >= 15 is 0 Å². The smallest absolute Gasteiger partial charge is 0.198 e. The molecule has 2 nitrogen and oxygen atoms in total. The van der Waals surface area contributed by atoms with Crippen molar-refractivity contribution in [2.24, 2.45) is 5.92 Å². The van der Waals surface area contributed by atoms with Gasteiger partial charge in [0.25, 0.3) is 0 Å². The second kappa shape index (κ2) is 5.78. The van der Waals surface area contributed by atoms with E-state index in [-0.39, 0.29) is 11.4 Å². The molecule has 106 valence electrons. The van der Waals surface area contributed by atoms with Gasteiger partial charge in [-0.15, -0.1) is 0 Å². The number of furan rings is 1. The number of hydrogen-bond donors (Lipinski definition) is 0. The highest BCUT2D eigenvalue weighted by molar-refractivity contribution is 5.97. The van der Waals surface area contributed by atoms with Crippen LogP contribution in [0, 0.1) is 11.7 Å². The SMILES string of the molecule is O=C(CC1CCCCCC1)c1cc2cccc(F)c2o1. The van der Waals surface area contributed by atoms with Gasteiger partial charge >= 0.3 is 0 Å². The first-order chi connectivity index (χ1) is 9.74. The first kappa shape index (κ1) is 13.3. The van der Waals surface area contributed by atoms with Gasteiger partial charge in [0.2, 0.25) is 0 Å². The molecule has 1 fully saturated rings. The molecule has 1 aromatic carbocycles. The molecule has 1 aromatic heterocycles. The van der Waals surface area contributed by atoms with Crippen molar-refractivity contribution in [2.45, 2.75) is 44.9 Å². The van der Waals surface area contributed by atoms with E-state index in [9.17, 15) is 9.18 Å². The first-order valence-corrected chi connectivity index (χ1v) is 7.45. The van der Waals surface area contributed by atoms with Crippen molar-refractivity contribution >= 4 is 16.8 Å². The Hall–Kier alpha value is -1.64. The molecule has 0 radical (unpaired) electrons. The van der Waals surface area contributed by atoms with Crippen LogP contribution >= 0.6 is 0 Å². The van der Waals surface area contributed by atoms with Gasteiger partial charge in [-0.2, -0.15) is 0 Å². The Morgan fingerprint density at radius 2 is 1.95 bits per heavy atom. The molecule has 1 saturated carbocycles. The van der Waals surface area contributed by atoms with Gasteiger partial charge in [-0.25, -0.2) is 4.39 Å². The van der Waals surface area contributed by atoms with Crippen LogP contribution in [0.2, 0.25) is 0 Å². The minimum Gasteiger partial charge on any atom is -0.450 e. The molecule has 0 aliphatic heterocycles. The van der Waals surface area contributed by atoms with Gasteiger partial charge in [-0.3, -0.25) is 4.79 Å². The summed E-state index contributed by atoms with van der Waals surface area (Å²) in [6.45, 7) is 0. The number of Topliss-reactive ketones (excluding diaryl/α,β-unsaturated/α-hetero) is 1. The zero-order valence-corrected chi connectivity index (χ0v) is 11.5. The third kappa shape index (κ3) is 2.77. The normalized spacial score (nSPS) is 17.2. The summed E-state index contributed by atoms with van der Waals surface area (Å²) in [5.41, 5.74) is 0.191. The standard InChI is InChI=1S/C17H19FO2/c18-14-9-5-8-13-11-16(20-17(13)14)15(19)10-12-6-3-1-2-4-7-12/h5,8-9,11-12H,1-4,6-7,10H2. The lowest BCUT2D eigenvalue weighted by Gasteiger charge is -2.11. The number of benzene rings is 1. The molecule has 0 unspecified atom stereocenters. The molecule has 3 heteroatoms. The number of para-hydroxylation sites is 1. The highest BCUT2D eigenvalue weighted by Crippen LogP contribution is 2.28. The highest BCUT2D eigenvalue weighted by Gasteiger charge is 2.20. The molecule has 1 heterocycles. The molecule has 20 heavy (non-hydrogen) atoms. The lowest BCUT2D eigenvalue weighted by molar-refractivity contribution is 0.0931. The fourth-order valence-electron chi connectivity index (χ4n) is 3.10. The predicted octanol–water partition coefficient (Wildman–Crippen LogP) is 5.12. The zero-order chi connectivity index (χ0) is 13.9. The Morgan fingerprint density at radius 3 is 2.65 bits per heavy atom. The highest BCUT2D eigenvalue weighted by atomic mass is 19.1. The van der Waals surface area contributed by atoms with Crippen molar-refractivity contribution in [3.63, 3.8) is 0 Å². The molecule has 3 rings (SSSR count). The fraction of sp³-hybridized carbons (Fsp3) is 0.471. The molecule has 0 atom stereocenters. The Labute approximate surface area is 118 Å². The van der Waals surface area contributed by atoms with Gasteiger partial charge < -0.3 is 4.42 Å². The van der Waals surface area contributed by atoms with Gasteiger partial charge in [0.15, 0.2) is 22.9 Å². The Morgan fingerprint density at radius 1 is 1.20 bits per heavy atom. The maximum atomic E-state index is 13.6. The van der Waals surface area contributed by atoms with E-state index in [0.29, 0.717) is 23.5 Å². The lowest BCUT2D eigenvalue weighted by atomic mass is 9.94. The Bertz CT molecular complexity index is 606. The minimum atomic E-state index is -0.406. The van der Waals surface area contributed by atoms with Crippen LogP contribution in [-0.4, -0.2) is 5.78 Å². The van der Waals surface area contributed by atoms with Crippen molar-refractivity contribution in [1.82, 2.24) is 0 Å². The van der Waals surface area contributed by atoms with Crippen LogP contribution in [0.1, 0.15) is 55.5 Å². The largest absolute Gasteiger partial charge is 0.450 e. The van der Waals surface area contributed by atoms with Crippen molar-refractivity contribution in [2.75, 3.05) is 0 Å². The van der Waals surface area contributed by atoms with E-state index in [2.05, 4.69) is 0 Å². The topological polar surface area (TPSA) is 30.2 Å². The molecule has 0 N–H and O–H groups in total. The first-order valence-electron chi connectivity index (χ1n) is 7.45. The van der Waals surface area contributed by atoms with Gasteiger partial charge in [0.1, 0.15) is 0 Å². The molecular weight excluding hydrogens is 255 g/mol. The van der Waals surface area contributed by atoms with Crippen LogP contribution in [0.4, 0.5) is 4.39 Å². The van der Waals surface area contributed by atoms with Crippen molar-refractivity contribution in [3.8, 4) is 0 Å². The number of fused-ring (bicyclic) bond motifs is 1. The van der Waals surface area contributed by atoms with Gasteiger partial charge in [0.05, 0.1) is 0 Å². The van der Waals surface area contributed by atoms with E-state index < -0.39 is 5.82 Å². The molecule has 0 saturated heterocycles. The fourth-order valence-corrected chi connectivity index (χ4v) is 3.10. The molecule has 1 aliphatic rings. The molecular formula is C17H19FO2. The Kier molecular flexibility index (Phi) is 3.86. The summed E-state index contributed by atoms with van der Waals surface area (Å²) in [4.78, 5) is 12.3. The average Bonchev–Trinajstić information content (AvgIpc) is 2.72. The van der Waals surface area contributed by atoms with Gasteiger partial charge in [0, 0.05) is 11.8 Å². The zero-order valence-electron chi connectivity index (χ0n) is 11.5. The van der Waals surface area contributed by atoms with Crippen LogP contribution in [0.25, 0.3) is 11.0 Å². The molecule has 0 amide bonds. The number of rotatable bonds is 3. The second-order valence-corrected chi connectivity index (χ2v) is 5.75. The number of carbonyl (C=O) groups excluding carboxylic acids is 1. The summed E-state index contributed by atoms with van der Waals surface area (Å²) < 4.78 is 19.0. The van der Waals surface area contributed by atoms with E-state index in [0.717, 1.165) is 12.8 Å². The average molecular weight is 274 g/mol. The van der Waals surface area contributed by atoms with E-state index in [4.69, 9.17) is 4.42 Å². The van der Waals surface area contributed by atoms with Crippen LogP contribution in [0.15, 0.2) is 28.7 Å². The lowest BCUT2D eigenvalue weighted by Crippen LogP contribution is -2.07. The molecule has 2 aromatic rings. The van der Waals surface area contributed by atoms with E-state index in [1.165, 1.54) is 31.7 Å². The summed E-state index contributed by atoms with van der Waals surface area (Å²) in [6, 6.07) is 6.42. The number of carbonyl (C=O) groups is 1. The number of halogens is 1. The van der Waals surface area contributed by atoms with Crippen LogP contribution in [-0.2, 0) is 0 Å². The van der Waals surface area contributed by atoms with Crippen LogP contribution < -0.4 is 0 Å². The van der Waals surface area contributed by atoms with Gasteiger partial charge in [-0.1, -0.05) is 50.7 Å². The summed E-state index contributed by atoms with van der Waals surface area (Å²) >= 11 is 0. The van der Waals surface area contributed by atoms with Crippen LogP contribution in [0.5, 0.6) is 0 Å². The van der Waals surface area contributed by atoms with Crippen molar-refractivity contribution in [3.05, 3.63) is 35.8 Å². The minimum absolute atomic E-state index is 0.00694. The summed E-state index contributed by atoms with van der Waals surface area (Å²) in [5.74, 6) is 0.362. The van der Waals surface area contributed by atoms with Crippen molar-refractivity contribution in [1.29, 1.82) is 0 Å². The quantitative estimate of drug-likeness (QED) is 0.574. The van der Waals surface area contributed by atoms with Gasteiger partial charge in [-0.05, 0) is 18.1 Å². The van der Waals surface area contributed by atoms with E-state index in [1.807, 2.05) is 0 Å². The number of ketones is 1. The number of hydrogen-bond acceptors (Lipinski definition) is 2. The molecule has 0 bridgehead atoms. The van der Waals surface area contributed by atoms with Crippen molar-refractivity contribution < 1.29 is 13.6 Å². The van der Waals surface area contributed by atoms with E-state index in [1.54, 1.807) is 18.2 Å². The monoisotopic (exact) mass is 274 g/mol. The van der Waals surface area contributed by atoms with Crippen LogP contribution in [0.3, 0.4) is 0 Å².